The predicted molar refractivity (Wildman–Crippen MR) is 191 cm³/mol. The molecule has 0 saturated carbocycles. The molecule has 0 fully saturated rings. The van der Waals surface area contributed by atoms with Crippen molar-refractivity contribution in [2.24, 2.45) is 0 Å². The molecule has 50 heavy (non-hydrogen) atoms. The summed E-state index contributed by atoms with van der Waals surface area (Å²) in [6.45, 7) is 21.8. The number of rotatable bonds is 10. The number of ether oxygens (including phenoxy) is 6. The first-order chi connectivity index (χ1) is 22.1. The minimum Gasteiger partial charge on any atom is -1.00 e. The van der Waals surface area contributed by atoms with Crippen molar-refractivity contribution < 1.29 is 86.1 Å². The van der Waals surface area contributed by atoms with Gasteiger partial charge >= 0.3 is 296 Å². The van der Waals surface area contributed by atoms with Crippen LogP contribution < -0.4 is 81.2 Å². The van der Waals surface area contributed by atoms with E-state index >= 15 is 0 Å². The van der Waals surface area contributed by atoms with Gasteiger partial charge in [0, 0.05) is 0 Å². The third-order valence-electron chi connectivity index (χ3n) is 11.0. The molecule has 0 heterocycles. The molecule has 0 radical (unpaired) electrons. The van der Waals surface area contributed by atoms with E-state index in [0.29, 0.717) is 17.2 Å². The molecule has 272 valence electrons. The fourth-order valence-corrected chi connectivity index (χ4v) is 16.8. The first kappa shape index (κ1) is 45.8. The summed E-state index contributed by atoms with van der Waals surface area (Å²) in [7, 11) is 6.83. The Kier molecular flexibility index (Phi) is 15.6. The van der Waals surface area contributed by atoms with Gasteiger partial charge in [-0.1, -0.05) is 0 Å². The van der Waals surface area contributed by atoms with E-state index in [0.717, 1.165) is 66.2 Å². The van der Waals surface area contributed by atoms with Crippen LogP contribution in [0.1, 0.15) is 61.1 Å². The van der Waals surface area contributed by atoms with Gasteiger partial charge in [0.15, 0.2) is 0 Å². The molecular weight excluding hydrogens is 747 g/mol. The first-order valence-corrected chi connectivity index (χ1v) is 18.7. The average molecular weight is 798 g/mol. The van der Waals surface area contributed by atoms with Crippen molar-refractivity contribution >= 4 is 23.6 Å². The Hall–Kier alpha value is -2.26. The van der Waals surface area contributed by atoms with Crippen LogP contribution in [-0.4, -0.2) is 50.7 Å². The second-order valence-corrected chi connectivity index (χ2v) is 18.6. The summed E-state index contributed by atoms with van der Waals surface area (Å²) in [5.41, 5.74) is 11.6. The predicted octanol–water partition coefficient (Wildman–Crippen LogP) is -2.00. The minimum absolute atomic E-state index is 0. The number of halogens is 3. The van der Waals surface area contributed by atoms with Crippen LogP contribution in [0.15, 0.2) is 40.5 Å². The second kappa shape index (κ2) is 17.0. The van der Waals surface area contributed by atoms with Gasteiger partial charge in [0.2, 0.25) is 0 Å². The van der Waals surface area contributed by atoms with E-state index in [2.05, 4.69) is 108 Å². The van der Waals surface area contributed by atoms with Crippen LogP contribution in [0.3, 0.4) is 0 Å². The van der Waals surface area contributed by atoms with Gasteiger partial charge in [0.05, 0.1) is 0 Å². The van der Waals surface area contributed by atoms with Gasteiger partial charge in [0.1, 0.15) is 0 Å². The van der Waals surface area contributed by atoms with Crippen LogP contribution in [0.2, 0.25) is 3.34 Å². The number of methoxy groups -OCH3 is 6. The molecule has 0 atom stereocenters. The maximum atomic E-state index is 6.48. The van der Waals surface area contributed by atoms with E-state index in [4.69, 9.17) is 28.4 Å². The van der Waals surface area contributed by atoms with Crippen molar-refractivity contribution in [3.05, 3.63) is 73.9 Å². The summed E-state index contributed by atoms with van der Waals surface area (Å²) in [5, 5.41) is 3.20. The van der Waals surface area contributed by atoms with E-state index in [9.17, 15) is 0 Å². The molecule has 0 saturated heterocycles. The topological polar surface area (TPSA) is 55.4 Å². The second-order valence-electron chi connectivity index (χ2n) is 12.8. The Balaban J connectivity index is 0.00000417. The average Bonchev–Trinajstić information content (AvgIpc) is 3.20. The van der Waals surface area contributed by atoms with Gasteiger partial charge in [-0.3, -0.25) is 0 Å². The van der Waals surface area contributed by atoms with Crippen molar-refractivity contribution in [1.82, 2.24) is 0 Å². The smallest absolute Gasteiger partial charge is 1.00 e. The quantitative estimate of drug-likeness (QED) is 0.175. The summed E-state index contributed by atoms with van der Waals surface area (Å²) in [4.78, 5) is 0. The van der Waals surface area contributed by atoms with Gasteiger partial charge in [-0.2, -0.15) is 0 Å². The Bertz CT molecular complexity index is 1650. The normalized spacial score (nSPS) is 13.6. The summed E-state index contributed by atoms with van der Waals surface area (Å²) < 4.78 is 37.5. The maximum absolute atomic E-state index is 6.48. The van der Waals surface area contributed by atoms with Gasteiger partial charge in [-0.25, -0.2) is 0 Å². The number of allylic oxidation sites excluding steroid dienone is 4. The molecule has 0 bridgehead atoms. The summed E-state index contributed by atoms with van der Waals surface area (Å²) in [6, 6.07) is 6.96. The number of hydrogen-bond acceptors (Lipinski definition) is 6. The molecule has 3 aromatic carbocycles. The molecule has 6 nitrogen and oxygen atoms in total. The summed E-state index contributed by atoms with van der Waals surface area (Å²) >= 11 is 2.41. The molecule has 0 N–H and O–H groups in total. The monoisotopic (exact) mass is 796 g/mol. The summed E-state index contributed by atoms with van der Waals surface area (Å²) in [5.74, 6) is 4.31. The molecular formula is C39H51Cl3O6SiTi. The molecule has 1 aliphatic rings. The van der Waals surface area contributed by atoms with E-state index < -0.39 is 11.4 Å². The molecule has 0 aliphatic heterocycles. The number of hydrogen-bond donors (Lipinski definition) is 0. The van der Waals surface area contributed by atoms with Crippen LogP contribution in [0.25, 0.3) is 0 Å². The fraction of sp³-hybridized carbons (Fsp3) is 0.436. The Labute approximate surface area is 331 Å². The van der Waals surface area contributed by atoms with E-state index in [1.807, 2.05) is 0 Å². The molecule has 1 aliphatic carbocycles. The van der Waals surface area contributed by atoms with Crippen LogP contribution in [0, 0.1) is 41.5 Å². The third kappa shape index (κ3) is 6.28. The number of benzene rings is 3. The minimum atomic E-state index is -3.56. The van der Waals surface area contributed by atoms with Crippen molar-refractivity contribution in [1.29, 1.82) is 0 Å². The SMILES string of the molecule is COc1c([Si](c2cc(C)c(C)c(OC)c2OC)(c2cc(C)c(C)c(OC)c2OC)[C]2([Ti+3])C(C)=C(C)C(C)=C2C)cc(C)c(C)c1OC.[Cl-].[Cl-].[Cl-]. The molecule has 3 aromatic rings. The standard InChI is InChI=1S/C39H51O6Si.3ClH.Ti/c1-20-17-30(36(43-14)33(40-11)23(20)4)46(39-28(9)26(7)27(8)29(39)10,31-18-21(2)24(5)34(41-12)37(31)44-15)32-19-22(3)25(6)35(42-13)38(32)45-16;;;;/h17-19H,1-16H3;3*1H;/q;;;;+3/p-3. The largest absolute Gasteiger partial charge is 1.00 e. The zero-order valence-corrected chi connectivity index (χ0v) is 37.1. The molecule has 4 rings (SSSR count). The molecule has 0 unspecified atom stereocenters. The van der Waals surface area contributed by atoms with Gasteiger partial charge in [0.25, 0.3) is 0 Å². The Morgan fingerprint density at radius 3 is 0.840 bits per heavy atom. The van der Waals surface area contributed by atoms with E-state index in [1.165, 1.54) is 22.3 Å². The van der Waals surface area contributed by atoms with Gasteiger partial charge < -0.3 is 37.2 Å². The fourth-order valence-electron chi connectivity index (χ4n) is 7.78. The third-order valence-corrected chi connectivity index (χ3v) is 19.4. The van der Waals surface area contributed by atoms with E-state index in [-0.39, 0.29) is 37.2 Å². The zero-order valence-electron chi connectivity index (χ0n) is 32.3. The number of aryl methyl sites for hydroxylation is 3. The van der Waals surface area contributed by atoms with Gasteiger partial charge in [-0.05, 0) is 0 Å². The molecule has 11 heteroatoms. The van der Waals surface area contributed by atoms with Crippen LogP contribution in [0.4, 0.5) is 0 Å². The Morgan fingerprint density at radius 1 is 0.420 bits per heavy atom. The van der Waals surface area contributed by atoms with Gasteiger partial charge in [-0.15, -0.1) is 0 Å². The first-order valence-electron chi connectivity index (χ1n) is 15.9. The van der Waals surface area contributed by atoms with Crippen molar-refractivity contribution in [2.45, 2.75) is 72.6 Å². The molecule has 0 amide bonds. The van der Waals surface area contributed by atoms with Crippen LogP contribution in [0.5, 0.6) is 34.5 Å². The van der Waals surface area contributed by atoms with Crippen molar-refractivity contribution in [3.63, 3.8) is 0 Å². The van der Waals surface area contributed by atoms with Crippen LogP contribution >= 0.6 is 0 Å². The van der Waals surface area contributed by atoms with Crippen LogP contribution in [-0.2, 0) is 20.4 Å². The summed E-state index contributed by atoms with van der Waals surface area (Å²) in [6.07, 6.45) is 0. The van der Waals surface area contributed by atoms with E-state index in [1.54, 1.807) is 42.7 Å². The van der Waals surface area contributed by atoms with Crippen molar-refractivity contribution in [3.8, 4) is 34.5 Å². The van der Waals surface area contributed by atoms with Crippen molar-refractivity contribution in [2.75, 3.05) is 42.7 Å². The zero-order chi connectivity index (χ0) is 35.3. The molecule has 0 aromatic heterocycles. The molecule has 0 spiro atoms. The Morgan fingerprint density at radius 2 is 0.640 bits per heavy atom. The maximum Gasteiger partial charge on any atom is -1.00 e.